The van der Waals surface area contributed by atoms with Crippen molar-refractivity contribution in [3.63, 3.8) is 0 Å². The highest BCUT2D eigenvalue weighted by molar-refractivity contribution is 5.87. The second-order valence-corrected chi connectivity index (χ2v) is 3.83. The standard InChI is InChI=1S/C10H16N2O5/c11-10(16)7-6-17-5-4-12(7)8(13)2-1-3-9(14)15/h7H,1-6H2,(H2,11,16)(H,14,15). The summed E-state index contributed by atoms with van der Waals surface area (Å²) in [5.74, 6) is -1.79. The Morgan fingerprint density at radius 2 is 2.06 bits per heavy atom. The lowest BCUT2D eigenvalue weighted by Crippen LogP contribution is -2.54. The number of nitrogens with zero attached hydrogens (tertiary/aromatic N) is 1. The number of hydrogen-bond donors (Lipinski definition) is 2. The van der Waals surface area contributed by atoms with Crippen LogP contribution < -0.4 is 5.73 Å². The number of ether oxygens (including phenoxy) is 1. The van der Waals surface area contributed by atoms with Crippen LogP contribution in [0.1, 0.15) is 19.3 Å². The van der Waals surface area contributed by atoms with E-state index < -0.39 is 17.9 Å². The maximum Gasteiger partial charge on any atom is 0.303 e. The number of carbonyl (C=O) groups is 3. The molecule has 2 amide bonds. The van der Waals surface area contributed by atoms with E-state index in [0.717, 1.165) is 0 Å². The van der Waals surface area contributed by atoms with Crippen molar-refractivity contribution in [1.29, 1.82) is 0 Å². The van der Waals surface area contributed by atoms with Gasteiger partial charge < -0.3 is 20.5 Å². The van der Waals surface area contributed by atoms with E-state index in [4.69, 9.17) is 15.6 Å². The van der Waals surface area contributed by atoms with E-state index in [2.05, 4.69) is 0 Å². The number of aliphatic carboxylic acids is 1. The first kappa shape index (κ1) is 13.4. The van der Waals surface area contributed by atoms with Gasteiger partial charge in [0.2, 0.25) is 11.8 Å². The Bertz CT molecular complexity index is 318. The first-order valence-electron chi connectivity index (χ1n) is 5.40. The van der Waals surface area contributed by atoms with Crippen LogP contribution in [0.15, 0.2) is 0 Å². The number of morpholine rings is 1. The molecule has 0 aromatic rings. The second-order valence-electron chi connectivity index (χ2n) is 3.83. The summed E-state index contributed by atoms with van der Waals surface area (Å²) in [5, 5.41) is 8.46. The summed E-state index contributed by atoms with van der Waals surface area (Å²) in [5.41, 5.74) is 5.17. The number of rotatable bonds is 5. The van der Waals surface area contributed by atoms with Gasteiger partial charge in [-0.3, -0.25) is 14.4 Å². The van der Waals surface area contributed by atoms with Gasteiger partial charge in [-0.25, -0.2) is 0 Å². The van der Waals surface area contributed by atoms with Gasteiger partial charge in [0.05, 0.1) is 13.2 Å². The summed E-state index contributed by atoms with van der Waals surface area (Å²) in [7, 11) is 0. The van der Waals surface area contributed by atoms with Gasteiger partial charge in [-0.1, -0.05) is 0 Å². The minimum atomic E-state index is -0.939. The smallest absolute Gasteiger partial charge is 0.303 e. The molecule has 1 aliphatic heterocycles. The maximum atomic E-state index is 11.8. The number of amides is 2. The van der Waals surface area contributed by atoms with Gasteiger partial charge in [-0.05, 0) is 6.42 Å². The molecule has 7 heteroatoms. The third kappa shape index (κ3) is 4.03. The van der Waals surface area contributed by atoms with E-state index in [9.17, 15) is 14.4 Å². The van der Waals surface area contributed by atoms with Crippen LogP contribution in [-0.4, -0.2) is 53.6 Å². The van der Waals surface area contributed by atoms with E-state index in [1.54, 1.807) is 0 Å². The molecular weight excluding hydrogens is 228 g/mol. The topological polar surface area (TPSA) is 110 Å². The van der Waals surface area contributed by atoms with Crippen molar-refractivity contribution in [3.8, 4) is 0 Å². The van der Waals surface area contributed by atoms with Crippen molar-refractivity contribution < 1.29 is 24.2 Å². The predicted octanol–water partition coefficient (Wildman–Crippen LogP) is -1.05. The van der Waals surface area contributed by atoms with Crippen molar-refractivity contribution >= 4 is 17.8 Å². The molecular formula is C10H16N2O5. The Morgan fingerprint density at radius 1 is 1.35 bits per heavy atom. The minimum absolute atomic E-state index is 0.0582. The Kier molecular flexibility index (Phi) is 4.89. The van der Waals surface area contributed by atoms with Gasteiger partial charge in [-0.2, -0.15) is 0 Å². The Labute approximate surface area is 98.5 Å². The first-order valence-corrected chi connectivity index (χ1v) is 5.40. The highest BCUT2D eigenvalue weighted by atomic mass is 16.5. The largest absolute Gasteiger partial charge is 0.481 e. The lowest BCUT2D eigenvalue weighted by atomic mass is 10.1. The lowest BCUT2D eigenvalue weighted by molar-refractivity contribution is -0.147. The molecule has 0 spiro atoms. The van der Waals surface area contributed by atoms with Crippen LogP contribution in [0, 0.1) is 0 Å². The van der Waals surface area contributed by atoms with Gasteiger partial charge >= 0.3 is 5.97 Å². The normalized spacial score (nSPS) is 20.0. The molecule has 1 unspecified atom stereocenters. The van der Waals surface area contributed by atoms with Crippen molar-refractivity contribution in [1.82, 2.24) is 4.90 Å². The zero-order valence-electron chi connectivity index (χ0n) is 9.42. The molecule has 3 N–H and O–H groups in total. The molecule has 17 heavy (non-hydrogen) atoms. The Balaban J connectivity index is 2.47. The van der Waals surface area contributed by atoms with Crippen molar-refractivity contribution in [2.75, 3.05) is 19.8 Å². The molecule has 0 saturated carbocycles. The number of carboxylic acid groups (broad SMARTS) is 1. The summed E-state index contributed by atoms with van der Waals surface area (Å²) >= 11 is 0. The Morgan fingerprint density at radius 3 is 2.65 bits per heavy atom. The van der Waals surface area contributed by atoms with E-state index in [1.807, 2.05) is 0 Å². The summed E-state index contributed by atoms with van der Waals surface area (Å²) in [4.78, 5) is 34.5. The fourth-order valence-corrected chi connectivity index (χ4v) is 1.67. The third-order valence-corrected chi connectivity index (χ3v) is 2.56. The minimum Gasteiger partial charge on any atom is -0.481 e. The zero-order valence-corrected chi connectivity index (χ0v) is 9.42. The number of hydrogen-bond acceptors (Lipinski definition) is 4. The molecule has 1 rings (SSSR count). The van der Waals surface area contributed by atoms with E-state index in [-0.39, 0.29) is 31.8 Å². The second kappa shape index (κ2) is 6.19. The average Bonchev–Trinajstić information content (AvgIpc) is 2.28. The van der Waals surface area contributed by atoms with Crippen LogP contribution in [0.3, 0.4) is 0 Å². The fourth-order valence-electron chi connectivity index (χ4n) is 1.67. The molecule has 0 aromatic heterocycles. The molecule has 1 atom stereocenters. The van der Waals surface area contributed by atoms with E-state index >= 15 is 0 Å². The van der Waals surface area contributed by atoms with Crippen LogP contribution in [0.25, 0.3) is 0 Å². The maximum absolute atomic E-state index is 11.8. The molecule has 1 aliphatic rings. The predicted molar refractivity (Wildman–Crippen MR) is 57.0 cm³/mol. The lowest BCUT2D eigenvalue weighted by Gasteiger charge is -2.33. The third-order valence-electron chi connectivity index (χ3n) is 2.56. The van der Waals surface area contributed by atoms with Crippen LogP contribution in [0.2, 0.25) is 0 Å². The summed E-state index contributed by atoms with van der Waals surface area (Å²) < 4.78 is 5.08. The van der Waals surface area contributed by atoms with Crippen LogP contribution >= 0.6 is 0 Å². The molecule has 0 aliphatic carbocycles. The van der Waals surface area contributed by atoms with Crippen LogP contribution in [0.4, 0.5) is 0 Å². The summed E-state index contributed by atoms with van der Waals surface area (Å²) in [6, 6.07) is -0.735. The molecule has 0 bridgehead atoms. The molecule has 1 heterocycles. The molecule has 96 valence electrons. The van der Waals surface area contributed by atoms with Crippen LogP contribution in [-0.2, 0) is 19.1 Å². The number of primary amides is 1. The van der Waals surface area contributed by atoms with Gasteiger partial charge in [0.1, 0.15) is 6.04 Å². The fraction of sp³-hybridized carbons (Fsp3) is 0.700. The number of carbonyl (C=O) groups excluding carboxylic acids is 2. The van der Waals surface area contributed by atoms with Gasteiger partial charge in [0.25, 0.3) is 0 Å². The van der Waals surface area contributed by atoms with Crippen molar-refractivity contribution in [2.24, 2.45) is 5.73 Å². The molecule has 7 nitrogen and oxygen atoms in total. The number of carboxylic acids is 1. The zero-order chi connectivity index (χ0) is 12.8. The number of nitrogens with two attached hydrogens (primary N) is 1. The first-order chi connectivity index (χ1) is 8.02. The molecule has 0 radical (unpaired) electrons. The van der Waals surface area contributed by atoms with E-state index in [0.29, 0.717) is 13.2 Å². The van der Waals surface area contributed by atoms with Gasteiger partial charge in [0.15, 0.2) is 0 Å². The molecule has 0 aromatic carbocycles. The average molecular weight is 244 g/mol. The van der Waals surface area contributed by atoms with Gasteiger partial charge in [-0.15, -0.1) is 0 Å². The monoisotopic (exact) mass is 244 g/mol. The van der Waals surface area contributed by atoms with Crippen molar-refractivity contribution in [3.05, 3.63) is 0 Å². The Hall–Kier alpha value is -1.63. The highest BCUT2D eigenvalue weighted by Gasteiger charge is 2.30. The molecule has 1 fully saturated rings. The highest BCUT2D eigenvalue weighted by Crippen LogP contribution is 2.10. The van der Waals surface area contributed by atoms with E-state index in [1.165, 1.54) is 4.90 Å². The van der Waals surface area contributed by atoms with Crippen LogP contribution in [0.5, 0.6) is 0 Å². The van der Waals surface area contributed by atoms with Crippen molar-refractivity contribution in [2.45, 2.75) is 25.3 Å². The summed E-state index contributed by atoms with van der Waals surface area (Å²) in [6.45, 7) is 0.800. The summed E-state index contributed by atoms with van der Waals surface area (Å²) in [6.07, 6.45) is 0.310. The molecule has 1 saturated heterocycles. The van der Waals surface area contributed by atoms with Gasteiger partial charge in [0, 0.05) is 19.4 Å². The quantitative estimate of drug-likeness (QED) is 0.641. The SMILES string of the molecule is NC(=O)C1COCCN1C(=O)CCCC(=O)O.